The molecule has 0 aliphatic carbocycles. The number of carbonyl (C=O) groups is 1. The molecule has 0 bridgehead atoms. The van der Waals surface area contributed by atoms with E-state index in [0.29, 0.717) is 10.8 Å². The largest absolute Gasteiger partial charge is 0.325 e. The van der Waals surface area contributed by atoms with Crippen LogP contribution in [0.4, 0.5) is 5.69 Å². The number of aromatic nitrogens is 3. The Balaban J connectivity index is 2.02. The van der Waals surface area contributed by atoms with Crippen LogP contribution in [0, 0.1) is 0 Å². The fraction of sp³-hybridized carbons (Fsp3) is 0.471. The van der Waals surface area contributed by atoms with E-state index in [0.717, 1.165) is 0 Å². The first kappa shape index (κ1) is 21.4. The van der Waals surface area contributed by atoms with Crippen LogP contribution in [0.2, 0.25) is 0 Å². The van der Waals surface area contributed by atoms with Crippen LogP contribution in [0.1, 0.15) is 40.7 Å². The van der Waals surface area contributed by atoms with Gasteiger partial charge in [0.2, 0.25) is 15.9 Å². The number of hydrogen-bond donors (Lipinski definition) is 2. The van der Waals surface area contributed by atoms with Crippen molar-refractivity contribution >= 4 is 33.4 Å². The van der Waals surface area contributed by atoms with Crippen molar-refractivity contribution in [3.05, 3.63) is 30.6 Å². The number of hydrogen-bond acceptors (Lipinski definition) is 6. The summed E-state index contributed by atoms with van der Waals surface area (Å²) in [6.45, 7) is 9.32. The molecule has 27 heavy (non-hydrogen) atoms. The number of thioether (sulfide) groups is 1. The normalized spacial score (nSPS) is 13.1. The standard InChI is InChI=1S/C17H25N5O3S2/c1-11(2)21-27(24,25)15-8-6-14(7-9-15)19-16(23)13(5)26-17-20-18-10-22(17)12(3)4/h6-13,21H,1-5H3,(H,19,23)/t13-/m0/s1. The quantitative estimate of drug-likeness (QED) is 0.647. The molecule has 0 fully saturated rings. The predicted octanol–water partition coefficient (Wildman–Crippen LogP) is 2.67. The predicted molar refractivity (Wildman–Crippen MR) is 106 cm³/mol. The Bertz CT molecular complexity index is 876. The first-order chi connectivity index (χ1) is 12.6. The number of amides is 1. The van der Waals surface area contributed by atoms with Gasteiger partial charge in [0.15, 0.2) is 5.16 Å². The molecule has 2 N–H and O–H groups in total. The molecule has 0 saturated heterocycles. The van der Waals surface area contributed by atoms with Crippen molar-refractivity contribution in [1.29, 1.82) is 0 Å². The third-order valence-electron chi connectivity index (χ3n) is 3.57. The Hall–Kier alpha value is -1.91. The number of benzene rings is 1. The van der Waals surface area contributed by atoms with Gasteiger partial charge in [0.25, 0.3) is 0 Å². The van der Waals surface area contributed by atoms with E-state index in [9.17, 15) is 13.2 Å². The zero-order chi connectivity index (χ0) is 20.2. The molecule has 0 spiro atoms. The van der Waals surface area contributed by atoms with Gasteiger partial charge in [-0.3, -0.25) is 4.79 Å². The van der Waals surface area contributed by atoms with Crippen LogP contribution >= 0.6 is 11.8 Å². The van der Waals surface area contributed by atoms with Gasteiger partial charge in [-0.05, 0) is 58.9 Å². The second kappa shape index (κ2) is 8.85. The van der Waals surface area contributed by atoms with E-state index in [1.54, 1.807) is 39.2 Å². The van der Waals surface area contributed by atoms with Crippen molar-refractivity contribution in [3.63, 3.8) is 0 Å². The summed E-state index contributed by atoms with van der Waals surface area (Å²) >= 11 is 1.32. The monoisotopic (exact) mass is 411 g/mol. The molecule has 2 aromatic rings. The Labute approximate surface area is 164 Å². The topological polar surface area (TPSA) is 106 Å². The van der Waals surface area contributed by atoms with Gasteiger partial charge >= 0.3 is 0 Å². The van der Waals surface area contributed by atoms with Crippen LogP contribution in [0.3, 0.4) is 0 Å². The van der Waals surface area contributed by atoms with Gasteiger partial charge in [-0.25, -0.2) is 13.1 Å². The minimum Gasteiger partial charge on any atom is -0.325 e. The molecular weight excluding hydrogens is 386 g/mol. The van der Waals surface area contributed by atoms with Crippen LogP contribution < -0.4 is 10.0 Å². The maximum Gasteiger partial charge on any atom is 0.240 e. The van der Waals surface area contributed by atoms with E-state index in [4.69, 9.17) is 0 Å². The first-order valence-electron chi connectivity index (χ1n) is 8.59. The van der Waals surface area contributed by atoms with Crippen LogP contribution in [0.15, 0.2) is 40.6 Å². The number of rotatable bonds is 8. The summed E-state index contributed by atoms with van der Waals surface area (Å²) in [4.78, 5) is 12.6. The lowest BCUT2D eigenvalue weighted by Gasteiger charge is -2.14. The van der Waals surface area contributed by atoms with Gasteiger partial charge in [-0.1, -0.05) is 11.8 Å². The Morgan fingerprint density at radius 3 is 2.30 bits per heavy atom. The third kappa shape index (κ3) is 5.78. The van der Waals surface area contributed by atoms with Gasteiger partial charge in [0.1, 0.15) is 6.33 Å². The van der Waals surface area contributed by atoms with Crippen molar-refractivity contribution in [2.75, 3.05) is 5.32 Å². The lowest BCUT2D eigenvalue weighted by Crippen LogP contribution is -2.30. The Morgan fingerprint density at radius 1 is 1.11 bits per heavy atom. The summed E-state index contributed by atoms with van der Waals surface area (Å²) < 4.78 is 28.7. The van der Waals surface area contributed by atoms with Gasteiger partial charge in [0, 0.05) is 17.8 Å². The molecule has 1 atom stereocenters. The molecule has 0 aliphatic heterocycles. The summed E-state index contributed by atoms with van der Waals surface area (Å²) in [6.07, 6.45) is 1.64. The van der Waals surface area contributed by atoms with Crippen molar-refractivity contribution in [2.24, 2.45) is 0 Å². The van der Waals surface area contributed by atoms with Gasteiger partial charge in [0.05, 0.1) is 10.1 Å². The highest BCUT2D eigenvalue weighted by molar-refractivity contribution is 8.00. The van der Waals surface area contributed by atoms with E-state index < -0.39 is 15.3 Å². The molecule has 1 aromatic heterocycles. The van der Waals surface area contributed by atoms with E-state index in [1.807, 2.05) is 18.4 Å². The zero-order valence-corrected chi connectivity index (χ0v) is 17.6. The average molecular weight is 412 g/mol. The summed E-state index contributed by atoms with van der Waals surface area (Å²) in [7, 11) is -3.55. The molecule has 2 rings (SSSR count). The molecule has 0 unspecified atom stereocenters. The first-order valence-corrected chi connectivity index (χ1v) is 11.0. The number of anilines is 1. The van der Waals surface area contributed by atoms with Crippen LogP contribution in [-0.4, -0.2) is 40.4 Å². The highest BCUT2D eigenvalue weighted by atomic mass is 32.2. The molecule has 0 aliphatic rings. The van der Waals surface area contributed by atoms with Crippen LogP contribution in [0.25, 0.3) is 0 Å². The zero-order valence-electron chi connectivity index (χ0n) is 16.0. The molecule has 0 saturated carbocycles. The van der Waals surface area contributed by atoms with Crippen LogP contribution in [0.5, 0.6) is 0 Å². The molecule has 0 radical (unpaired) electrons. The fourth-order valence-corrected chi connectivity index (χ4v) is 4.43. The molecule has 10 heteroatoms. The van der Waals surface area contributed by atoms with Crippen molar-refractivity contribution in [1.82, 2.24) is 19.5 Å². The molecule has 1 aromatic carbocycles. The fourth-order valence-electron chi connectivity index (χ4n) is 2.22. The molecular formula is C17H25N5O3S2. The maximum absolute atomic E-state index is 12.4. The smallest absolute Gasteiger partial charge is 0.240 e. The summed E-state index contributed by atoms with van der Waals surface area (Å²) in [5, 5.41) is 11.0. The Morgan fingerprint density at radius 2 is 1.74 bits per heavy atom. The summed E-state index contributed by atoms with van der Waals surface area (Å²) in [5.74, 6) is -0.200. The lowest BCUT2D eigenvalue weighted by atomic mass is 10.3. The lowest BCUT2D eigenvalue weighted by molar-refractivity contribution is -0.115. The molecule has 1 heterocycles. The second-order valence-corrected chi connectivity index (χ2v) is 9.69. The molecule has 148 valence electrons. The van der Waals surface area contributed by atoms with E-state index in [1.165, 1.54) is 23.9 Å². The summed E-state index contributed by atoms with van der Waals surface area (Å²) in [6, 6.07) is 6.08. The van der Waals surface area contributed by atoms with E-state index >= 15 is 0 Å². The van der Waals surface area contributed by atoms with Gasteiger partial charge in [-0.2, -0.15) is 0 Å². The highest BCUT2D eigenvalue weighted by Crippen LogP contribution is 2.24. The Kier molecular flexibility index (Phi) is 7.01. The van der Waals surface area contributed by atoms with Crippen LogP contribution in [-0.2, 0) is 14.8 Å². The second-order valence-electron chi connectivity index (χ2n) is 6.66. The number of nitrogens with one attached hydrogen (secondary N) is 2. The SMILES string of the molecule is CC(C)NS(=O)(=O)c1ccc(NC(=O)[C@H](C)Sc2nncn2C(C)C)cc1. The van der Waals surface area contributed by atoms with Crippen molar-refractivity contribution in [3.8, 4) is 0 Å². The molecule has 1 amide bonds. The number of sulfonamides is 1. The summed E-state index contributed by atoms with van der Waals surface area (Å²) in [5.41, 5.74) is 0.529. The molecule has 8 nitrogen and oxygen atoms in total. The van der Waals surface area contributed by atoms with Gasteiger partial charge in [-0.15, -0.1) is 10.2 Å². The number of nitrogens with zero attached hydrogens (tertiary/aromatic N) is 3. The third-order valence-corrected chi connectivity index (χ3v) is 6.32. The highest BCUT2D eigenvalue weighted by Gasteiger charge is 2.20. The van der Waals surface area contributed by atoms with E-state index in [-0.39, 0.29) is 22.9 Å². The van der Waals surface area contributed by atoms with E-state index in [2.05, 4.69) is 20.2 Å². The average Bonchev–Trinajstić information content (AvgIpc) is 3.02. The minimum atomic E-state index is -3.55. The van der Waals surface area contributed by atoms with Crippen molar-refractivity contribution < 1.29 is 13.2 Å². The van der Waals surface area contributed by atoms with Gasteiger partial charge < -0.3 is 9.88 Å². The number of carbonyl (C=O) groups excluding carboxylic acids is 1. The van der Waals surface area contributed by atoms with Crippen molar-refractivity contribution in [2.45, 2.75) is 62.0 Å². The maximum atomic E-state index is 12.4. The minimum absolute atomic E-state index is 0.154.